The molecule has 2 nitrogen and oxygen atoms in total. The highest BCUT2D eigenvalue weighted by atomic mass is 28.4. The fraction of sp³-hybridized carbons (Fsp3) is 0.571. The molecule has 0 bridgehead atoms. The lowest BCUT2D eigenvalue weighted by molar-refractivity contribution is 0.509. The number of benzene rings is 1. The van der Waals surface area contributed by atoms with Crippen LogP contribution in [-0.2, 0) is 0 Å². The largest absolute Gasteiger partial charge is 0.544 e. The van der Waals surface area contributed by atoms with E-state index < -0.39 is 8.32 Å². The van der Waals surface area contributed by atoms with Crippen LogP contribution in [0.15, 0.2) is 24.3 Å². The van der Waals surface area contributed by atoms with Crippen LogP contribution in [0.2, 0.25) is 19.6 Å². The van der Waals surface area contributed by atoms with E-state index in [0.717, 1.165) is 12.2 Å². The Morgan fingerprint density at radius 2 is 1.65 bits per heavy atom. The van der Waals surface area contributed by atoms with Gasteiger partial charge in [0.2, 0.25) is 8.32 Å². The molecule has 0 aliphatic carbocycles. The molecule has 3 heteroatoms. The lowest BCUT2D eigenvalue weighted by Gasteiger charge is -2.20. The molecule has 1 atom stereocenters. The Morgan fingerprint density at radius 3 is 2.06 bits per heavy atom. The van der Waals surface area contributed by atoms with Crippen molar-refractivity contribution in [2.75, 3.05) is 0 Å². The van der Waals surface area contributed by atoms with Crippen LogP contribution in [-0.4, -0.2) is 8.32 Å². The zero-order chi connectivity index (χ0) is 13.1. The van der Waals surface area contributed by atoms with Gasteiger partial charge in [-0.05, 0) is 49.7 Å². The zero-order valence-corrected chi connectivity index (χ0v) is 12.7. The summed E-state index contributed by atoms with van der Waals surface area (Å²) in [7, 11) is -1.50. The monoisotopic (exact) mass is 251 g/mol. The molecule has 0 unspecified atom stereocenters. The van der Waals surface area contributed by atoms with Crippen molar-refractivity contribution in [3.05, 3.63) is 29.8 Å². The SMILES string of the molecule is CC(C)C[C@H](N)c1ccc(O[Si](C)(C)C)cc1. The molecule has 0 saturated carbocycles. The van der Waals surface area contributed by atoms with Gasteiger partial charge in [0.1, 0.15) is 5.75 Å². The third-order valence-corrected chi connectivity index (χ3v) is 3.31. The maximum atomic E-state index is 6.14. The summed E-state index contributed by atoms with van der Waals surface area (Å²) in [5.41, 5.74) is 7.34. The van der Waals surface area contributed by atoms with Crippen molar-refractivity contribution >= 4 is 8.32 Å². The Labute approximate surface area is 106 Å². The molecule has 1 aromatic rings. The van der Waals surface area contributed by atoms with Gasteiger partial charge in [0.25, 0.3) is 0 Å². The van der Waals surface area contributed by atoms with Crippen LogP contribution in [0.4, 0.5) is 0 Å². The van der Waals surface area contributed by atoms with Gasteiger partial charge in [-0.2, -0.15) is 0 Å². The number of hydrogen-bond acceptors (Lipinski definition) is 2. The molecule has 0 aliphatic heterocycles. The zero-order valence-electron chi connectivity index (χ0n) is 11.7. The lowest BCUT2D eigenvalue weighted by atomic mass is 9.98. The van der Waals surface area contributed by atoms with Gasteiger partial charge in [0, 0.05) is 6.04 Å². The van der Waals surface area contributed by atoms with E-state index in [-0.39, 0.29) is 6.04 Å². The summed E-state index contributed by atoms with van der Waals surface area (Å²) in [6.45, 7) is 11.0. The summed E-state index contributed by atoms with van der Waals surface area (Å²) >= 11 is 0. The molecule has 0 radical (unpaired) electrons. The van der Waals surface area contributed by atoms with E-state index in [1.165, 1.54) is 5.56 Å². The highest BCUT2D eigenvalue weighted by molar-refractivity contribution is 6.70. The Bertz CT molecular complexity index is 340. The van der Waals surface area contributed by atoms with E-state index in [1.54, 1.807) is 0 Å². The number of hydrogen-bond donors (Lipinski definition) is 1. The predicted molar refractivity (Wildman–Crippen MR) is 76.8 cm³/mol. The topological polar surface area (TPSA) is 35.2 Å². The van der Waals surface area contributed by atoms with Crippen LogP contribution in [0.3, 0.4) is 0 Å². The third-order valence-electron chi connectivity index (χ3n) is 2.46. The second-order valence-electron chi connectivity index (χ2n) is 6.02. The van der Waals surface area contributed by atoms with Crippen LogP contribution >= 0.6 is 0 Å². The molecule has 0 fully saturated rings. The third kappa shape index (κ3) is 5.37. The molecule has 0 spiro atoms. The fourth-order valence-electron chi connectivity index (χ4n) is 1.78. The van der Waals surface area contributed by atoms with E-state index in [9.17, 15) is 0 Å². The minimum Gasteiger partial charge on any atom is -0.544 e. The van der Waals surface area contributed by atoms with Crippen molar-refractivity contribution in [1.29, 1.82) is 0 Å². The van der Waals surface area contributed by atoms with Crippen LogP contribution < -0.4 is 10.2 Å². The standard InChI is InChI=1S/C14H25NOSi/c1-11(2)10-14(15)12-6-8-13(9-7-12)16-17(3,4)5/h6-9,11,14H,10,15H2,1-5H3/t14-/m0/s1. The highest BCUT2D eigenvalue weighted by Crippen LogP contribution is 2.22. The van der Waals surface area contributed by atoms with E-state index >= 15 is 0 Å². The molecule has 0 heterocycles. The van der Waals surface area contributed by atoms with Crippen LogP contribution in [0.25, 0.3) is 0 Å². The Hall–Kier alpha value is -0.803. The molecule has 1 rings (SSSR count). The minimum atomic E-state index is -1.50. The summed E-state index contributed by atoms with van der Waals surface area (Å²) in [5.74, 6) is 1.59. The van der Waals surface area contributed by atoms with Gasteiger partial charge in [0.05, 0.1) is 0 Å². The molecule has 0 aromatic heterocycles. The van der Waals surface area contributed by atoms with E-state index in [0.29, 0.717) is 5.92 Å². The molecular weight excluding hydrogens is 226 g/mol. The second-order valence-corrected chi connectivity index (χ2v) is 10.4. The quantitative estimate of drug-likeness (QED) is 0.804. The molecular formula is C14H25NOSi. The molecule has 0 saturated heterocycles. The Balaban J connectivity index is 2.67. The van der Waals surface area contributed by atoms with Crippen molar-refractivity contribution in [2.45, 2.75) is 46.0 Å². The van der Waals surface area contributed by atoms with Gasteiger partial charge < -0.3 is 10.2 Å². The fourth-order valence-corrected chi connectivity index (χ4v) is 2.62. The van der Waals surface area contributed by atoms with Crippen molar-refractivity contribution in [3.8, 4) is 5.75 Å². The first kappa shape index (κ1) is 14.3. The summed E-state index contributed by atoms with van der Waals surface area (Å²) in [4.78, 5) is 0. The van der Waals surface area contributed by atoms with Gasteiger partial charge >= 0.3 is 0 Å². The van der Waals surface area contributed by atoms with Crippen LogP contribution in [0, 0.1) is 5.92 Å². The summed E-state index contributed by atoms with van der Waals surface area (Å²) < 4.78 is 5.92. The van der Waals surface area contributed by atoms with Gasteiger partial charge in [-0.15, -0.1) is 0 Å². The van der Waals surface area contributed by atoms with Crippen LogP contribution in [0.1, 0.15) is 31.9 Å². The maximum absolute atomic E-state index is 6.14. The average Bonchev–Trinajstić information content (AvgIpc) is 2.15. The van der Waals surface area contributed by atoms with Crippen molar-refractivity contribution in [2.24, 2.45) is 11.7 Å². The van der Waals surface area contributed by atoms with Gasteiger partial charge in [0.15, 0.2) is 0 Å². The van der Waals surface area contributed by atoms with Gasteiger partial charge in [-0.1, -0.05) is 26.0 Å². The summed E-state index contributed by atoms with van der Waals surface area (Å²) in [5, 5.41) is 0. The molecule has 96 valence electrons. The predicted octanol–water partition coefficient (Wildman–Crippen LogP) is 3.95. The second kappa shape index (κ2) is 5.69. The van der Waals surface area contributed by atoms with Crippen molar-refractivity contribution in [3.63, 3.8) is 0 Å². The molecule has 0 amide bonds. The minimum absolute atomic E-state index is 0.135. The normalized spacial score (nSPS) is 13.8. The first-order valence-electron chi connectivity index (χ1n) is 6.32. The lowest BCUT2D eigenvalue weighted by Crippen LogP contribution is -2.29. The first-order chi connectivity index (χ1) is 7.78. The Kier molecular flexibility index (Phi) is 4.77. The van der Waals surface area contributed by atoms with Crippen molar-refractivity contribution < 1.29 is 4.43 Å². The number of nitrogens with two attached hydrogens (primary N) is 1. The first-order valence-corrected chi connectivity index (χ1v) is 9.73. The molecule has 0 aliphatic rings. The molecule has 1 aromatic carbocycles. The number of rotatable bonds is 5. The van der Waals surface area contributed by atoms with Gasteiger partial charge in [-0.3, -0.25) is 0 Å². The smallest absolute Gasteiger partial charge is 0.242 e. The molecule has 2 N–H and O–H groups in total. The summed E-state index contributed by atoms with van der Waals surface area (Å²) in [6.07, 6.45) is 1.02. The van der Waals surface area contributed by atoms with E-state index in [2.05, 4.69) is 45.6 Å². The van der Waals surface area contributed by atoms with E-state index in [4.69, 9.17) is 10.2 Å². The van der Waals surface area contributed by atoms with Gasteiger partial charge in [-0.25, -0.2) is 0 Å². The average molecular weight is 251 g/mol. The van der Waals surface area contributed by atoms with E-state index in [1.807, 2.05) is 12.1 Å². The summed E-state index contributed by atoms with van der Waals surface area (Å²) in [6, 6.07) is 8.38. The maximum Gasteiger partial charge on any atom is 0.242 e. The van der Waals surface area contributed by atoms with Crippen LogP contribution in [0.5, 0.6) is 5.75 Å². The van der Waals surface area contributed by atoms with Crippen molar-refractivity contribution in [1.82, 2.24) is 0 Å². The molecule has 17 heavy (non-hydrogen) atoms. The highest BCUT2D eigenvalue weighted by Gasteiger charge is 2.16. The Morgan fingerprint density at radius 1 is 1.12 bits per heavy atom.